The maximum atomic E-state index is 11.9. The van der Waals surface area contributed by atoms with Crippen molar-refractivity contribution < 1.29 is 14.4 Å². The van der Waals surface area contributed by atoms with Crippen molar-refractivity contribution in [2.75, 3.05) is 6.54 Å². The zero-order valence-electron chi connectivity index (χ0n) is 10.9. The molecule has 20 heavy (non-hydrogen) atoms. The molecule has 4 nitrogen and oxygen atoms in total. The van der Waals surface area contributed by atoms with Gasteiger partial charge in [-0.3, -0.25) is 0 Å². The van der Waals surface area contributed by atoms with Crippen LogP contribution in [0.15, 0.2) is 60.7 Å². The van der Waals surface area contributed by atoms with Gasteiger partial charge in [0.15, 0.2) is 6.23 Å². The van der Waals surface area contributed by atoms with Crippen molar-refractivity contribution in [1.82, 2.24) is 5.06 Å². The number of benzene rings is 2. The van der Waals surface area contributed by atoms with Crippen LogP contribution in [0.3, 0.4) is 0 Å². The number of nitrogens with zero attached hydrogens (tertiary/aromatic N) is 1. The summed E-state index contributed by atoms with van der Waals surface area (Å²) in [6, 6.07) is 18.5. The van der Waals surface area contributed by atoms with Crippen LogP contribution in [0.25, 0.3) is 0 Å². The molecule has 1 unspecified atom stereocenters. The van der Waals surface area contributed by atoms with E-state index in [2.05, 4.69) is 0 Å². The van der Waals surface area contributed by atoms with E-state index < -0.39 is 0 Å². The van der Waals surface area contributed by atoms with Crippen LogP contribution in [0, 0.1) is 0 Å². The highest BCUT2D eigenvalue weighted by Gasteiger charge is 2.33. The lowest BCUT2D eigenvalue weighted by molar-refractivity contribution is -0.241. The summed E-state index contributed by atoms with van der Waals surface area (Å²) < 4.78 is 5.75. The number of rotatable bonds is 4. The Hall–Kier alpha value is -2.33. The van der Waals surface area contributed by atoms with Gasteiger partial charge >= 0.3 is 5.97 Å². The molecule has 1 saturated heterocycles. The molecule has 1 fully saturated rings. The first kappa shape index (κ1) is 12.7. The maximum Gasteiger partial charge on any atom is 0.357 e. The van der Waals surface area contributed by atoms with Crippen molar-refractivity contribution in [3.63, 3.8) is 0 Å². The highest BCUT2D eigenvalue weighted by atomic mass is 16.7. The van der Waals surface area contributed by atoms with Crippen molar-refractivity contribution in [1.29, 1.82) is 0 Å². The van der Waals surface area contributed by atoms with Crippen LogP contribution in [0.4, 0.5) is 0 Å². The molecule has 2 aromatic carbocycles. The smallest absolute Gasteiger partial charge is 0.357 e. The number of carbonyl (C=O) groups is 1. The van der Waals surface area contributed by atoms with Crippen LogP contribution in [-0.4, -0.2) is 23.8 Å². The van der Waals surface area contributed by atoms with Gasteiger partial charge in [0.1, 0.15) is 5.75 Å². The van der Waals surface area contributed by atoms with Crippen molar-refractivity contribution in [2.45, 2.75) is 12.6 Å². The summed E-state index contributed by atoms with van der Waals surface area (Å²) in [5.41, 5.74) is 0.540. The minimum Gasteiger partial charge on any atom is -0.472 e. The third-order valence-corrected chi connectivity index (χ3v) is 3.14. The third-order valence-electron chi connectivity index (χ3n) is 3.14. The Kier molecular flexibility index (Phi) is 3.65. The zero-order valence-corrected chi connectivity index (χ0v) is 10.9. The zero-order chi connectivity index (χ0) is 13.8. The highest BCUT2D eigenvalue weighted by molar-refractivity contribution is 5.89. The van der Waals surface area contributed by atoms with E-state index in [1.165, 1.54) is 0 Å². The van der Waals surface area contributed by atoms with Crippen molar-refractivity contribution in [2.24, 2.45) is 0 Å². The molecular formula is C16H15NO3. The monoisotopic (exact) mass is 269 g/mol. The average molecular weight is 269 g/mol. The van der Waals surface area contributed by atoms with Gasteiger partial charge in [-0.1, -0.05) is 41.5 Å². The SMILES string of the molecule is O=C(ON1CCC1Oc1ccccc1)c1ccccc1. The fourth-order valence-corrected chi connectivity index (χ4v) is 1.95. The molecule has 0 aromatic heterocycles. The fourth-order valence-electron chi connectivity index (χ4n) is 1.95. The Morgan fingerprint density at radius 1 is 1.00 bits per heavy atom. The topological polar surface area (TPSA) is 38.8 Å². The molecule has 0 amide bonds. The molecule has 4 heteroatoms. The van der Waals surface area contributed by atoms with Gasteiger partial charge in [-0.15, -0.1) is 0 Å². The van der Waals surface area contributed by atoms with Gasteiger partial charge in [0.2, 0.25) is 0 Å². The Bertz CT molecular complexity index is 571. The van der Waals surface area contributed by atoms with Gasteiger partial charge in [-0.2, -0.15) is 0 Å². The van der Waals surface area contributed by atoms with Crippen LogP contribution in [0.2, 0.25) is 0 Å². The molecule has 1 aliphatic rings. The molecule has 1 heterocycles. The Balaban J connectivity index is 1.58. The first-order chi connectivity index (χ1) is 9.83. The summed E-state index contributed by atoms with van der Waals surface area (Å²) >= 11 is 0. The summed E-state index contributed by atoms with van der Waals surface area (Å²) in [7, 11) is 0. The molecule has 1 aliphatic heterocycles. The number of para-hydroxylation sites is 1. The summed E-state index contributed by atoms with van der Waals surface area (Å²) in [5, 5.41) is 1.57. The van der Waals surface area contributed by atoms with Crippen LogP contribution in [0.5, 0.6) is 5.75 Å². The minimum absolute atomic E-state index is 0.204. The summed E-state index contributed by atoms with van der Waals surface area (Å²) in [6.45, 7) is 0.691. The lowest BCUT2D eigenvalue weighted by Crippen LogP contribution is -2.51. The summed E-state index contributed by atoms with van der Waals surface area (Å²) in [6.07, 6.45) is 0.641. The standard InChI is InChI=1S/C16H15NO3/c18-16(13-7-3-1-4-8-13)20-17-12-11-15(17)19-14-9-5-2-6-10-14/h1-10,15H,11-12H2. The van der Waals surface area contributed by atoms with Crippen LogP contribution >= 0.6 is 0 Å². The number of ether oxygens (including phenoxy) is 1. The quantitative estimate of drug-likeness (QED) is 0.855. The van der Waals surface area contributed by atoms with Crippen molar-refractivity contribution in [3.05, 3.63) is 66.2 Å². The predicted octanol–water partition coefficient (Wildman–Crippen LogP) is 2.87. The molecule has 0 aliphatic carbocycles. The van der Waals surface area contributed by atoms with E-state index >= 15 is 0 Å². The first-order valence-corrected chi connectivity index (χ1v) is 6.58. The number of hydrogen-bond donors (Lipinski definition) is 0. The van der Waals surface area contributed by atoms with E-state index in [9.17, 15) is 4.79 Å². The van der Waals surface area contributed by atoms with E-state index in [0.29, 0.717) is 12.1 Å². The third kappa shape index (κ3) is 2.81. The molecule has 1 atom stereocenters. The van der Waals surface area contributed by atoms with E-state index in [-0.39, 0.29) is 12.2 Å². The minimum atomic E-state index is -0.355. The molecule has 0 bridgehead atoms. The Labute approximate surface area is 117 Å². The molecule has 0 radical (unpaired) electrons. The van der Waals surface area contributed by atoms with Gasteiger partial charge in [0.25, 0.3) is 0 Å². The molecule has 2 aromatic rings. The largest absolute Gasteiger partial charge is 0.472 e. The summed E-state index contributed by atoms with van der Waals surface area (Å²) in [5.74, 6) is 0.421. The van der Waals surface area contributed by atoms with Crippen LogP contribution in [-0.2, 0) is 4.84 Å². The van der Waals surface area contributed by atoms with Gasteiger partial charge in [0, 0.05) is 13.0 Å². The number of hydrogen-bond acceptors (Lipinski definition) is 4. The van der Waals surface area contributed by atoms with Gasteiger partial charge in [-0.05, 0) is 24.3 Å². The molecule has 102 valence electrons. The predicted molar refractivity (Wildman–Crippen MR) is 74.0 cm³/mol. The number of carbonyl (C=O) groups excluding carboxylic acids is 1. The fraction of sp³-hybridized carbons (Fsp3) is 0.188. The average Bonchev–Trinajstić information content (AvgIpc) is 2.51. The molecular weight excluding hydrogens is 254 g/mol. The highest BCUT2D eigenvalue weighted by Crippen LogP contribution is 2.23. The molecule has 0 saturated carbocycles. The first-order valence-electron chi connectivity index (χ1n) is 6.58. The normalized spacial score (nSPS) is 18.1. The van der Waals surface area contributed by atoms with E-state index in [0.717, 1.165) is 12.2 Å². The molecule has 0 N–H and O–H groups in total. The van der Waals surface area contributed by atoms with E-state index in [1.54, 1.807) is 17.2 Å². The number of hydroxylamine groups is 2. The maximum absolute atomic E-state index is 11.9. The molecule has 3 rings (SSSR count). The second-order valence-electron chi connectivity index (χ2n) is 4.56. The summed E-state index contributed by atoms with van der Waals surface area (Å²) in [4.78, 5) is 17.3. The van der Waals surface area contributed by atoms with Gasteiger partial charge in [0.05, 0.1) is 5.56 Å². The van der Waals surface area contributed by atoms with E-state index in [4.69, 9.17) is 9.57 Å². The van der Waals surface area contributed by atoms with Gasteiger partial charge in [-0.25, -0.2) is 4.79 Å². The van der Waals surface area contributed by atoms with Crippen molar-refractivity contribution in [3.8, 4) is 5.75 Å². The van der Waals surface area contributed by atoms with Crippen molar-refractivity contribution >= 4 is 5.97 Å². The Morgan fingerprint density at radius 3 is 2.25 bits per heavy atom. The van der Waals surface area contributed by atoms with Crippen LogP contribution < -0.4 is 4.74 Å². The molecule has 0 spiro atoms. The van der Waals surface area contributed by atoms with Gasteiger partial charge < -0.3 is 9.57 Å². The lowest BCUT2D eigenvalue weighted by atomic mass is 10.2. The van der Waals surface area contributed by atoms with Crippen LogP contribution in [0.1, 0.15) is 16.8 Å². The Morgan fingerprint density at radius 2 is 1.65 bits per heavy atom. The lowest BCUT2D eigenvalue weighted by Gasteiger charge is -2.37. The second kappa shape index (κ2) is 5.75. The second-order valence-corrected chi connectivity index (χ2v) is 4.56. The van der Waals surface area contributed by atoms with E-state index in [1.807, 2.05) is 48.5 Å².